The molecule has 0 bridgehead atoms. The highest BCUT2D eigenvalue weighted by Gasteiger charge is 2.02. The fourth-order valence-electron chi connectivity index (χ4n) is 1.11. The first kappa shape index (κ1) is 14.8. The van der Waals surface area contributed by atoms with Crippen molar-refractivity contribution in [1.82, 2.24) is 5.32 Å². The van der Waals surface area contributed by atoms with Crippen molar-refractivity contribution in [1.29, 1.82) is 0 Å². The van der Waals surface area contributed by atoms with Gasteiger partial charge in [-0.05, 0) is 19.9 Å². The zero-order valence-electron chi connectivity index (χ0n) is 10.00. The Bertz CT molecular complexity index is 122. The van der Waals surface area contributed by atoms with Crippen LogP contribution in [0.1, 0.15) is 26.7 Å². The number of nitrogens with one attached hydrogen (secondary N) is 1. The molecule has 1 atom stereocenters. The van der Waals surface area contributed by atoms with Crippen LogP contribution in [0.15, 0.2) is 0 Å². The van der Waals surface area contributed by atoms with E-state index < -0.39 is 6.10 Å². The fraction of sp³-hybridized carbons (Fsp3) is 1.00. The molecule has 0 saturated carbocycles. The van der Waals surface area contributed by atoms with Gasteiger partial charge < -0.3 is 19.9 Å². The number of aliphatic hydroxyl groups is 1. The average molecular weight is 219 g/mol. The highest BCUT2D eigenvalue weighted by Crippen LogP contribution is 1.87. The zero-order chi connectivity index (χ0) is 11.4. The molecule has 0 aromatic rings. The molecule has 15 heavy (non-hydrogen) atoms. The van der Waals surface area contributed by atoms with Crippen molar-refractivity contribution in [2.75, 3.05) is 39.5 Å². The van der Waals surface area contributed by atoms with Gasteiger partial charge in [0.2, 0.25) is 0 Å². The maximum absolute atomic E-state index is 9.48. The first-order valence-corrected chi connectivity index (χ1v) is 5.85. The Morgan fingerprint density at radius 2 is 1.93 bits per heavy atom. The van der Waals surface area contributed by atoms with E-state index in [4.69, 9.17) is 9.47 Å². The minimum atomic E-state index is -0.413. The van der Waals surface area contributed by atoms with Crippen LogP contribution in [0.4, 0.5) is 0 Å². The highest BCUT2D eigenvalue weighted by atomic mass is 16.5. The number of unbranched alkanes of at least 4 members (excludes halogenated alkanes) is 1. The van der Waals surface area contributed by atoms with Crippen molar-refractivity contribution in [3.63, 3.8) is 0 Å². The first-order chi connectivity index (χ1) is 7.31. The third kappa shape index (κ3) is 11.8. The Labute approximate surface area is 93.0 Å². The van der Waals surface area contributed by atoms with Gasteiger partial charge in [0.15, 0.2) is 0 Å². The van der Waals surface area contributed by atoms with Gasteiger partial charge in [0.05, 0.1) is 25.9 Å². The summed E-state index contributed by atoms with van der Waals surface area (Å²) in [5.41, 5.74) is 0. The van der Waals surface area contributed by atoms with Gasteiger partial charge >= 0.3 is 0 Å². The van der Waals surface area contributed by atoms with E-state index in [-0.39, 0.29) is 0 Å². The maximum Gasteiger partial charge on any atom is 0.0897 e. The van der Waals surface area contributed by atoms with Crippen LogP contribution in [0, 0.1) is 0 Å². The SMILES string of the molecule is CCCCNCC(O)COCCOCC. The van der Waals surface area contributed by atoms with Crippen LogP contribution in [0.25, 0.3) is 0 Å². The Balaban J connectivity index is 3.08. The quantitative estimate of drug-likeness (QED) is 0.504. The normalized spacial score (nSPS) is 13.0. The van der Waals surface area contributed by atoms with Crippen LogP contribution in [0.5, 0.6) is 0 Å². The molecule has 4 heteroatoms. The van der Waals surface area contributed by atoms with Crippen LogP contribution in [0.3, 0.4) is 0 Å². The summed E-state index contributed by atoms with van der Waals surface area (Å²) in [4.78, 5) is 0. The van der Waals surface area contributed by atoms with E-state index in [1.807, 2.05) is 6.92 Å². The molecule has 0 heterocycles. The third-order valence-electron chi connectivity index (χ3n) is 1.97. The molecule has 0 aromatic heterocycles. The third-order valence-corrected chi connectivity index (χ3v) is 1.97. The standard InChI is InChI=1S/C11H25NO3/c1-3-5-6-12-9-11(13)10-15-8-7-14-4-2/h11-13H,3-10H2,1-2H3. The molecule has 0 saturated heterocycles. The number of hydrogen-bond acceptors (Lipinski definition) is 4. The second-order valence-electron chi connectivity index (χ2n) is 3.48. The van der Waals surface area contributed by atoms with Crippen LogP contribution < -0.4 is 5.32 Å². The molecule has 0 fully saturated rings. The van der Waals surface area contributed by atoms with Gasteiger partial charge in [-0.25, -0.2) is 0 Å². The Kier molecular flexibility index (Phi) is 11.8. The van der Waals surface area contributed by atoms with Crippen molar-refractivity contribution in [3.8, 4) is 0 Å². The van der Waals surface area contributed by atoms with Crippen molar-refractivity contribution in [2.45, 2.75) is 32.8 Å². The second-order valence-corrected chi connectivity index (χ2v) is 3.48. The van der Waals surface area contributed by atoms with Gasteiger partial charge in [0.25, 0.3) is 0 Å². The fourth-order valence-corrected chi connectivity index (χ4v) is 1.11. The van der Waals surface area contributed by atoms with Gasteiger partial charge in [0, 0.05) is 13.2 Å². The molecule has 0 aliphatic rings. The van der Waals surface area contributed by atoms with Crippen molar-refractivity contribution < 1.29 is 14.6 Å². The predicted octanol–water partition coefficient (Wildman–Crippen LogP) is 0.790. The Hall–Kier alpha value is -0.160. The summed E-state index contributed by atoms with van der Waals surface area (Å²) in [6.07, 6.45) is 1.91. The van der Waals surface area contributed by atoms with E-state index in [0.717, 1.165) is 13.0 Å². The van der Waals surface area contributed by atoms with Crippen molar-refractivity contribution in [3.05, 3.63) is 0 Å². The molecule has 0 radical (unpaired) electrons. The van der Waals surface area contributed by atoms with Crippen LogP contribution in [-0.2, 0) is 9.47 Å². The van der Waals surface area contributed by atoms with Crippen LogP contribution in [0.2, 0.25) is 0 Å². The van der Waals surface area contributed by atoms with E-state index in [1.165, 1.54) is 6.42 Å². The lowest BCUT2D eigenvalue weighted by Gasteiger charge is -2.12. The van der Waals surface area contributed by atoms with Gasteiger partial charge in [-0.1, -0.05) is 13.3 Å². The topological polar surface area (TPSA) is 50.7 Å². The molecule has 2 N–H and O–H groups in total. The highest BCUT2D eigenvalue weighted by molar-refractivity contribution is 4.57. The number of aliphatic hydroxyl groups excluding tert-OH is 1. The van der Waals surface area contributed by atoms with E-state index >= 15 is 0 Å². The van der Waals surface area contributed by atoms with Gasteiger partial charge in [-0.3, -0.25) is 0 Å². The van der Waals surface area contributed by atoms with E-state index in [2.05, 4.69) is 12.2 Å². The lowest BCUT2D eigenvalue weighted by Crippen LogP contribution is -2.31. The van der Waals surface area contributed by atoms with Crippen molar-refractivity contribution >= 4 is 0 Å². The monoisotopic (exact) mass is 219 g/mol. The summed E-state index contributed by atoms with van der Waals surface area (Å²) in [5.74, 6) is 0. The summed E-state index contributed by atoms with van der Waals surface area (Å²) in [6.45, 7) is 7.92. The summed E-state index contributed by atoms with van der Waals surface area (Å²) < 4.78 is 10.3. The second kappa shape index (κ2) is 11.9. The molecule has 0 spiro atoms. The molecular formula is C11H25NO3. The average Bonchev–Trinajstić information content (AvgIpc) is 2.24. The lowest BCUT2D eigenvalue weighted by molar-refractivity contribution is 0.00656. The first-order valence-electron chi connectivity index (χ1n) is 5.85. The molecule has 0 aliphatic heterocycles. The molecule has 0 aromatic carbocycles. The van der Waals surface area contributed by atoms with Crippen molar-refractivity contribution in [2.24, 2.45) is 0 Å². The zero-order valence-corrected chi connectivity index (χ0v) is 10.00. The van der Waals surface area contributed by atoms with Gasteiger partial charge in [-0.2, -0.15) is 0 Å². The lowest BCUT2D eigenvalue weighted by atomic mass is 10.3. The number of rotatable bonds is 11. The summed E-state index contributed by atoms with van der Waals surface area (Å²) in [7, 11) is 0. The molecular weight excluding hydrogens is 194 g/mol. The minimum Gasteiger partial charge on any atom is -0.389 e. The Morgan fingerprint density at radius 3 is 2.60 bits per heavy atom. The molecule has 0 rings (SSSR count). The molecule has 0 aliphatic carbocycles. The maximum atomic E-state index is 9.48. The van der Waals surface area contributed by atoms with Gasteiger partial charge in [-0.15, -0.1) is 0 Å². The van der Waals surface area contributed by atoms with Gasteiger partial charge in [0.1, 0.15) is 0 Å². The molecule has 4 nitrogen and oxygen atoms in total. The number of hydrogen-bond donors (Lipinski definition) is 2. The summed E-state index contributed by atoms with van der Waals surface area (Å²) in [5, 5.41) is 12.7. The summed E-state index contributed by atoms with van der Waals surface area (Å²) in [6, 6.07) is 0. The summed E-state index contributed by atoms with van der Waals surface area (Å²) >= 11 is 0. The smallest absolute Gasteiger partial charge is 0.0897 e. The molecule has 1 unspecified atom stereocenters. The van der Waals surface area contributed by atoms with E-state index in [0.29, 0.717) is 33.0 Å². The minimum absolute atomic E-state index is 0.381. The predicted molar refractivity (Wildman–Crippen MR) is 61.1 cm³/mol. The molecule has 92 valence electrons. The number of ether oxygens (including phenoxy) is 2. The molecule has 0 amide bonds. The van der Waals surface area contributed by atoms with Crippen LogP contribution >= 0.6 is 0 Å². The van der Waals surface area contributed by atoms with Crippen LogP contribution in [-0.4, -0.2) is 50.7 Å². The largest absolute Gasteiger partial charge is 0.389 e. The van der Waals surface area contributed by atoms with E-state index in [1.54, 1.807) is 0 Å². The van der Waals surface area contributed by atoms with E-state index in [9.17, 15) is 5.11 Å². The Morgan fingerprint density at radius 1 is 1.20 bits per heavy atom.